The monoisotopic (exact) mass is 480 g/mol. The van der Waals surface area contributed by atoms with Crippen LogP contribution in [0.2, 0.25) is 0 Å². The van der Waals surface area contributed by atoms with Crippen molar-refractivity contribution < 1.29 is 24.0 Å². The molecule has 0 bridgehead atoms. The quantitative estimate of drug-likeness (QED) is 0.322. The van der Waals surface area contributed by atoms with E-state index in [-0.39, 0.29) is 28.2 Å². The second kappa shape index (κ2) is 9.92. The van der Waals surface area contributed by atoms with Crippen molar-refractivity contribution in [3.8, 4) is 5.75 Å². The van der Waals surface area contributed by atoms with Crippen molar-refractivity contribution in [2.45, 2.75) is 45.3 Å². The predicted molar refractivity (Wildman–Crippen MR) is 127 cm³/mol. The van der Waals surface area contributed by atoms with Crippen LogP contribution in [0.4, 0.5) is 11.4 Å². The number of carbonyl (C=O) groups is 2. The molecule has 0 aliphatic carbocycles. The third-order valence-electron chi connectivity index (χ3n) is 5.86. The Balaban J connectivity index is 1.52. The largest absolute Gasteiger partial charge is 0.495 e. The molecule has 11 nitrogen and oxygen atoms in total. The molecule has 0 spiro atoms. The van der Waals surface area contributed by atoms with Crippen molar-refractivity contribution in [3.63, 3.8) is 0 Å². The number of nitro groups is 1. The molecule has 0 saturated heterocycles. The van der Waals surface area contributed by atoms with Crippen molar-refractivity contribution >= 4 is 34.2 Å². The molecule has 2 aromatic carbocycles. The van der Waals surface area contributed by atoms with Crippen LogP contribution in [-0.2, 0) is 22.5 Å². The van der Waals surface area contributed by atoms with Crippen LogP contribution in [0, 0.1) is 10.1 Å². The van der Waals surface area contributed by atoms with Crippen LogP contribution >= 0.6 is 0 Å². The third-order valence-corrected chi connectivity index (χ3v) is 5.86. The third kappa shape index (κ3) is 4.98. The number of ether oxygens (including phenoxy) is 2. The summed E-state index contributed by atoms with van der Waals surface area (Å²) >= 11 is 0. The van der Waals surface area contributed by atoms with E-state index in [0.717, 1.165) is 25.3 Å². The molecular formula is C24H24N4O7. The summed E-state index contributed by atoms with van der Waals surface area (Å²) < 4.78 is 12.1. The Labute approximate surface area is 199 Å². The Morgan fingerprint density at radius 2 is 1.97 bits per heavy atom. The highest BCUT2D eigenvalue weighted by molar-refractivity contribution is 5.99. The minimum absolute atomic E-state index is 0.0747. The number of fused-ring (bicyclic) bond motifs is 2. The topological polar surface area (TPSA) is 143 Å². The van der Waals surface area contributed by atoms with E-state index in [1.165, 1.54) is 44.4 Å². The number of carbonyl (C=O) groups excluding carboxylic acids is 2. The average Bonchev–Trinajstić information content (AvgIpc) is 3.09. The van der Waals surface area contributed by atoms with Crippen molar-refractivity contribution in [2.75, 3.05) is 12.4 Å². The van der Waals surface area contributed by atoms with Crippen LogP contribution in [0.5, 0.6) is 5.75 Å². The average molecular weight is 480 g/mol. The molecule has 1 amide bonds. The number of aryl methyl sites for hydroxylation is 1. The zero-order chi connectivity index (χ0) is 25.1. The molecule has 2 heterocycles. The number of nitrogens with zero attached hydrogens (tertiary/aromatic N) is 3. The second-order valence-electron chi connectivity index (χ2n) is 8.21. The van der Waals surface area contributed by atoms with Crippen LogP contribution in [-0.4, -0.2) is 39.6 Å². The highest BCUT2D eigenvalue weighted by Gasteiger charge is 2.22. The summed E-state index contributed by atoms with van der Waals surface area (Å²) in [6.45, 7) is 2.01. The second-order valence-corrected chi connectivity index (χ2v) is 8.21. The number of non-ortho nitro benzene ring substituents is 1. The Bertz CT molecular complexity index is 1380. The van der Waals surface area contributed by atoms with Gasteiger partial charge in [-0.3, -0.25) is 24.3 Å². The smallest absolute Gasteiger partial charge is 0.338 e. The highest BCUT2D eigenvalue weighted by atomic mass is 16.6. The molecule has 1 aliphatic heterocycles. The van der Waals surface area contributed by atoms with Gasteiger partial charge in [-0.15, -0.1) is 0 Å². The first-order valence-corrected chi connectivity index (χ1v) is 11.2. The van der Waals surface area contributed by atoms with Crippen molar-refractivity contribution in [3.05, 3.63) is 68.3 Å². The minimum Gasteiger partial charge on any atom is -0.495 e. The van der Waals surface area contributed by atoms with Crippen LogP contribution in [0.15, 0.2) is 41.2 Å². The summed E-state index contributed by atoms with van der Waals surface area (Å²) in [4.78, 5) is 53.2. The molecule has 0 fully saturated rings. The first-order valence-electron chi connectivity index (χ1n) is 11.2. The summed E-state index contributed by atoms with van der Waals surface area (Å²) in [6.07, 6.45) is 2.37. The lowest BCUT2D eigenvalue weighted by Crippen LogP contribution is -2.30. The number of hydrogen-bond donors (Lipinski definition) is 1. The van der Waals surface area contributed by atoms with E-state index < -0.39 is 22.9 Å². The van der Waals surface area contributed by atoms with E-state index in [1.807, 2.05) is 0 Å². The van der Waals surface area contributed by atoms with Gasteiger partial charge in [0.2, 0.25) is 0 Å². The zero-order valence-electron chi connectivity index (χ0n) is 19.3. The van der Waals surface area contributed by atoms with Gasteiger partial charge in [0, 0.05) is 25.1 Å². The Morgan fingerprint density at radius 3 is 2.71 bits per heavy atom. The lowest BCUT2D eigenvalue weighted by molar-refractivity contribution is -0.384. The predicted octanol–water partition coefficient (Wildman–Crippen LogP) is 3.22. The molecule has 1 aliphatic rings. The van der Waals surface area contributed by atoms with Crippen LogP contribution < -0.4 is 15.6 Å². The zero-order valence-corrected chi connectivity index (χ0v) is 19.3. The van der Waals surface area contributed by atoms with Gasteiger partial charge < -0.3 is 14.8 Å². The molecule has 0 unspecified atom stereocenters. The molecule has 182 valence electrons. The number of aromatic nitrogens is 2. The van der Waals surface area contributed by atoms with Crippen LogP contribution in [0.25, 0.3) is 10.9 Å². The van der Waals surface area contributed by atoms with E-state index in [0.29, 0.717) is 29.7 Å². The van der Waals surface area contributed by atoms with Gasteiger partial charge in [0.25, 0.3) is 17.2 Å². The Kier molecular flexibility index (Phi) is 6.76. The number of nitro benzene ring substituents is 1. The molecule has 4 rings (SSSR count). The maximum atomic E-state index is 12.9. The van der Waals surface area contributed by atoms with Crippen LogP contribution in [0.3, 0.4) is 0 Å². The number of esters is 1. The number of amides is 1. The molecule has 35 heavy (non-hydrogen) atoms. The Morgan fingerprint density at radius 1 is 1.17 bits per heavy atom. The van der Waals surface area contributed by atoms with Gasteiger partial charge in [-0.25, -0.2) is 9.78 Å². The van der Waals surface area contributed by atoms with Gasteiger partial charge in [-0.05, 0) is 44.0 Å². The number of benzene rings is 2. The van der Waals surface area contributed by atoms with E-state index >= 15 is 0 Å². The first-order chi connectivity index (χ1) is 16.8. The van der Waals surface area contributed by atoms with Gasteiger partial charge in [-0.1, -0.05) is 6.42 Å². The molecule has 0 radical (unpaired) electrons. The number of rotatable bonds is 6. The minimum atomic E-state index is -1.22. The van der Waals surface area contributed by atoms with E-state index in [4.69, 9.17) is 9.47 Å². The molecule has 1 N–H and O–H groups in total. The molecular weight excluding hydrogens is 456 g/mol. The summed E-state index contributed by atoms with van der Waals surface area (Å²) in [5.74, 6) is -0.547. The maximum Gasteiger partial charge on any atom is 0.338 e. The lowest BCUT2D eigenvalue weighted by atomic mass is 10.1. The van der Waals surface area contributed by atoms with Crippen molar-refractivity contribution in [2.24, 2.45) is 0 Å². The first kappa shape index (κ1) is 23.9. The molecule has 0 saturated carbocycles. The fraction of sp³-hybridized carbons (Fsp3) is 0.333. The molecule has 11 heteroatoms. The van der Waals surface area contributed by atoms with E-state index in [2.05, 4.69) is 10.3 Å². The molecule has 3 aromatic rings. The maximum absolute atomic E-state index is 12.9. The fourth-order valence-electron chi connectivity index (χ4n) is 3.97. The number of nitrogens with one attached hydrogen (secondary N) is 1. The lowest BCUT2D eigenvalue weighted by Gasteiger charge is -2.15. The van der Waals surface area contributed by atoms with Gasteiger partial charge >= 0.3 is 5.97 Å². The number of methoxy groups -OCH3 is 1. The molecule has 1 aromatic heterocycles. The summed E-state index contributed by atoms with van der Waals surface area (Å²) in [6, 6.07) is 8.25. The highest BCUT2D eigenvalue weighted by Crippen LogP contribution is 2.29. The Hall–Kier alpha value is -4.28. The number of anilines is 1. The van der Waals surface area contributed by atoms with Gasteiger partial charge in [-0.2, -0.15) is 0 Å². The van der Waals surface area contributed by atoms with E-state index in [1.54, 1.807) is 4.57 Å². The van der Waals surface area contributed by atoms with Crippen molar-refractivity contribution in [1.82, 2.24) is 9.55 Å². The van der Waals surface area contributed by atoms with Crippen LogP contribution in [0.1, 0.15) is 42.4 Å². The summed E-state index contributed by atoms with van der Waals surface area (Å²) in [7, 11) is 1.36. The van der Waals surface area contributed by atoms with Gasteiger partial charge in [0.1, 0.15) is 11.6 Å². The van der Waals surface area contributed by atoms with Gasteiger partial charge in [0.15, 0.2) is 6.10 Å². The molecule has 1 atom stereocenters. The summed E-state index contributed by atoms with van der Waals surface area (Å²) in [5, 5.41) is 13.9. The summed E-state index contributed by atoms with van der Waals surface area (Å²) in [5.41, 5.74) is 0.255. The SMILES string of the molecule is COc1ccc([N+](=O)[O-])cc1NC(=O)[C@H](C)OC(=O)c1ccc2c(=O)n3c(nc2c1)CCCCC3. The van der Waals surface area contributed by atoms with Gasteiger partial charge in [0.05, 0.1) is 34.2 Å². The van der Waals surface area contributed by atoms with Crippen molar-refractivity contribution in [1.29, 1.82) is 0 Å². The fourth-order valence-corrected chi connectivity index (χ4v) is 3.97. The normalized spacial score (nSPS) is 13.9. The number of hydrogen-bond acceptors (Lipinski definition) is 8. The standard InChI is InChI=1S/C24H24N4O7/c1-14(22(29)26-19-13-16(28(32)33)8-10-20(19)34-2)35-24(31)15-7-9-17-18(12-15)25-21-6-4-3-5-11-27(21)23(17)30/h7-10,12-14H,3-6,11H2,1-2H3,(H,26,29)/t14-/m0/s1. The van der Waals surface area contributed by atoms with E-state index in [9.17, 15) is 24.5 Å².